The molecule has 1 aliphatic heterocycles. The largest absolute Gasteiger partial charge is 0.352 e. The Morgan fingerprint density at radius 3 is 2.83 bits per heavy atom. The zero-order valence-electron chi connectivity index (χ0n) is 12.7. The summed E-state index contributed by atoms with van der Waals surface area (Å²) in [5.74, 6) is 0.779. The molecule has 4 rings (SSSR count). The lowest BCUT2D eigenvalue weighted by atomic mass is 10.1. The maximum Gasteiger partial charge on any atom is 0.272 e. The minimum atomic E-state index is -0.136. The predicted octanol–water partition coefficient (Wildman–Crippen LogP) is 0.982. The highest BCUT2D eigenvalue weighted by atomic mass is 16.2. The molecule has 0 bridgehead atoms. The molecule has 3 heterocycles. The lowest BCUT2D eigenvalue weighted by molar-refractivity contribution is 0.0924. The number of anilines is 1. The van der Waals surface area contributed by atoms with Gasteiger partial charge in [-0.1, -0.05) is 12.1 Å². The Hall–Kier alpha value is -2.96. The highest BCUT2D eigenvalue weighted by Gasteiger charge is 2.30. The number of carbonyl (C=O) groups is 1. The van der Waals surface area contributed by atoms with E-state index in [4.69, 9.17) is 0 Å². The monoisotopic (exact) mass is 308 g/mol. The first kappa shape index (κ1) is 13.7. The molecule has 0 radical (unpaired) electrons. The normalized spacial score (nSPS) is 14.7. The summed E-state index contributed by atoms with van der Waals surface area (Å²) >= 11 is 0. The average molecular weight is 308 g/mol. The van der Waals surface area contributed by atoms with E-state index in [9.17, 15) is 4.79 Å². The summed E-state index contributed by atoms with van der Waals surface area (Å²) in [5, 5.41) is 8.14. The average Bonchev–Trinajstić information content (AvgIpc) is 2.96. The van der Waals surface area contributed by atoms with Gasteiger partial charge in [0.15, 0.2) is 0 Å². The van der Waals surface area contributed by atoms with Crippen molar-refractivity contribution >= 4 is 22.6 Å². The molecule has 0 unspecified atom stereocenters. The van der Waals surface area contributed by atoms with Crippen LogP contribution in [0.3, 0.4) is 0 Å². The van der Waals surface area contributed by atoms with Crippen molar-refractivity contribution in [1.82, 2.24) is 25.1 Å². The van der Waals surface area contributed by atoms with E-state index in [-0.39, 0.29) is 11.9 Å². The molecule has 116 valence electrons. The van der Waals surface area contributed by atoms with Gasteiger partial charge in [0.05, 0.1) is 11.6 Å². The van der Waals surface area contributed by atoms with Crippen molar-refractivity contribution in [2.24, 2.45) is 7.05 Å². The summed E-state index contributed by atoms with van der Waals surface area (Å²) in [5.41, 5.74) is 1.37. The van der Waals surface area contributed by atoms with Crippen molar-refractivity contribution in [2.45, 2.75) is 6.04 Å². The van der Waals surface area contributed by atoms with Gasteiger partial charge in [0, 0.05) is 31.7 Å². The molecule has 2 aromatic heterocycles. The highest BCUT2D eigenvalue weighted by molar-refractivity contribution is 5.93. The van der Waals surface area contributed by atoms with Crippen molar-refractivity contribution < 1.29 is 4.79 Å². The van der Waals surface area contributed by atoms with Gasteiger partial charge < -0.3 is 10.2 Å². The van der Waals surface area contributed by atoms with Crippen LogP contribution in [-0.2, 0) is 7.05 Å². The van der Waals surface area contributed by atoms with Crippen LogP contribution in [0, 0.1) is 0 Å². The molecule has 7 nitrogen and oxygen atoms in total. The Bertz CT molecular complexity index is 862. The van der Waals surface area contributed by atoms with Crippen LogP contribution in [0.1, 0.15) is 10.5 Å². The van der Waals surface area contributed by atoms with E-state index in [0.29, 0.717) is 5.69 Å². The van der Waals surface area contributed by atoms with Crippen molar-refractivity contribution in [3.05, 3.63) is 48.5 Å². The van der Waals surface area contributed by atoms with Crippen LogP contribution in [0.2, 0.25) is 0 Å². The zero-order chi connectivity index (χ0) is 15.8. The summed E-state index contributed by atoms with van der Waals surface area (Å²) in [6.07, 6.45) is 3.34. The molecule has 1 fully saturated rings. The summed E-state index contributed by atoms with van der Waals surface area (Å²) in [7, 11) is 1.79. The number of fused-ring (bicyclic) bond motifs is 1. The van der Waals surface area contributed by atoms with Crippen LogP contribution in [-0.4, -0.2) is 44.8 Å². The molecular formula is C16H16N6O. The second-order valence-corrected chi connectivity index (χ2v) is 5.66. The predicted molar refractivity (Wildman–Crippen MR) is 86.2 cm³/mol. The van der Waals surface area contributed by atoms with E-state index in [1.807, 2.05) is 24.3 Å². The molecule has 1 N–H and O–H groups in total. The minimum absolute atomic E-state index is 0.109. The van der Waals surface area contributed by atoms with E-state index in [1.54, 1.807) is 30.3 Å². The number of para-hydroxylation sites is 1. The van der Waals surface area contributed by atoms with Crippen molar-refractivity contribution in [2.75, 3.05) is 18.0 Å². The van der Waals surface area contributed by atoms with Gasteiger partial charge in [-0.2, -0.15) is 5.10 Å². The quantitative estimate of drug-likeness (QED) is 0.780. The number of carbonyl (C=O) groups excluding carboxylic acids is 1. The number of amides is 1. The van der Waals surface area contributed by atoms with E-state index in [2.05, 4.69) is 25.3 Å². The lowest BCUT2D eigenvalue weighted by Crippen LogP contribution is -2.59. The third kappa shape index (κ3) is 2.50. The summed E-state index contributed by atoms with van der Waals surface area (Å²) in [6.45, 7) is 1.47. The summed E-state index contributed by atoms with van der Waals surface area (Å²) in [4.78, 5) is 22.9. The Balaban J connectivity index is 1.44. The fourth-order valence-electron chi connectivity index (χ4n) is 2.78. The number of nitrogens with zero attached hydrogens (tertiary/aromatic N) is 5. The Morgan fingerprint density at radius 2 is 2.04 bits per heavy atom. The second kappa shape index (κ2) is 5.35. The topological polar surface area (TPSA) is 75.9 Å². The van der Waals surface area contributed by atoms with Crippen molar-refractivity contribution in [3.63, 3.8) is 0 Å². The first-order valence-electron chi connectivity index (χ1n) is 7.46. The zero-order valence-corrected chi connectivity index (χ0v) is 12.7. The molecule has 1 aromatic carbocycles. The maximum absolute atomic E-state index is 12.1. The van der Waals surface area contributed by atoms with Crippen molar-refractivity contribution in [3.8, 4) is 0 Å². The van der Waals surface area contributed by atoms with Gasteiger partial charge in [0.1, 0.15) is 17.8 Å². The van der Waals surface area contributed by atoms with Gasteiger partial charge in [-0.05, 0) is 18.2 Å². The Labute approximate surface area is 133 Å². The van der Waals surface area contributed by atoms with E-state index in [1.165, 1.54) is 0 Å². The standard InChI is InChI=1S/C16H16N6O/c1-21-7-6-14(20-21)16(23)19-11-8-22(9-11)15-12-4-2-3-5-13(12)17-10-18-15/h2-7,10-11H,8-9H2,1H3,(H,19,23). The van der Waals surface area contributed by atoms with Gasteiger partial charge >= 0.3 is 0 Å². The summed E-state index contributed by atoms with van der Waals surface area (Å²) in [6, 6.07) is 9.76. The van der Waals surface area contributed by atoms with Gasteiger partial charge in [0.2, 0.25) is 0 Å². The molecule has 1 aliphatic rings. The number of aromatic nitrogens is 4. The van der Waals surface area contributed by atoms with Crippen LogP contribution >= 0.6 is 0 Å². The maximum atomic E-state index is 12.1. The van der Waals surface area contributed by atoms with Crippen LogP contribution in [0.4, 0.5) is 5.82 Å². The van der Waals surface area contributed by atoms with Gasteiger partial charge in [-0.3, -0.25) is 9.48 Å². The molecule has 0 aliphatic carbocycles. The molecule has 0 atom stereocenters. The third-order valence-electron chi connectivity index (χ3n) is 3.98. The number of hydrogen-bond donors (Lipinski definition) is 1. The van der Waals surface area contributed by atoms with E-state index < -0.39 is 0 Å². The first-order valence-corrected chi connectivity index (χ1v) is 7.46. The molecule has 0 spiro atoms. The number of rotatable bonds is 3. The van der Waals surface area contributed by atoms with E-state index in [0.717, 1.165) is 29.8 Å². The number of benzene rings is 1. The number of aryl methyl sites for hydroxylation is 1. The smallest absolute Gasteiger partial charge is 0.272 e. The number of hydrogen-bond acceptors (Lipinski definition) is 5. The molecule has 7 heteroatoms. The fourth-order valence-corrected chi connectivity index (χ4v) is 2.78. The SMILES string of the molecule is Cn1ccc(C(=O)NC2CN(c3ncnc4ccccc34)C2)n1. The summed E-state index contributed by atoms with van der Waals surface area (Å²) < 4.78 is 1.62. The van der Waals surface area contributed by atoms with Gasteiger partial charge in [0.25, 0.3) is 5.91 Å². The Morgan fingerprint density at radius 1 is 1.22 bits per heavy atom. The third-order valence-corrected chi connectivity index (χ3v) is 3.98. The Kier molecular flexibility index (Phi) is 3.18. The molecule has 0 saturated carbocycles. The van der Waals surface area contributed by atoms with Gasteiger partial charge in [-0.25, -0.2) is 9.97 Å². The van der Waals surface area contributed by atoms with Crippen molar-refractivity contribution in [1.29, 1.82) is 0 Å². The van der Waals surface area contributed by atoms with Crippen LogP contribution in [0.5, 0.6) is 0 Å². The number of nitrogens with one attached hydrogen (secondary N) is 1. The molecular weight excluding hydrogens is 292 g/mol. The fraction of sp³-hybridized carbons (Fsp3) is 0.250. The molecule has 3 aromatic rings. The molecule has 23 heavy (non-hydrogen) atoms. The van der Waals surface area contributed by atoms with Crippen LogP contribution < -0.4 is 10.2 Å². The first-order chi connectivity index (χ1) is 11.2. The highest BCUT2D eigenvalue weighted by Crippen LogP contribution is 2.26. The minimum Gasteiger partial charge on any atom is -0.352 e. The molecule has 1 amide bonds. The van der Waals surface area contributed by atoms with E-state index >= 15 is 0 Å². The second-order valence-electron chi connectivity index (χ2n) is 5.66. The lowest BCUT2D eigenvalue weighted by Gasteiger charge is -2.40. The van der Waals surface area contributed by atoms with Crippen LogP contribution in [0.25, 0.3) is 10.9 Å². The molecule has 1 saturated heterocycles. The van der Waals surface area contributed by atoms with Gasteiger partial charge in [-0.15, -0.1) is 0 Å². The van der Waals surface area contributed by atoms with Crippen LogP contribution in [0.15, 0.2) is 42.9 Å².